The van der Waals surface area contributed by atoms with Crippen LogP contribution in [-0.2, 0) is 6.54 Å². The number of nitrogens with zero attached hydrogens (tertiary/aromatic N) is 2. The highest BCUT2D eigenvalue weighted by molar-refractivity contribution is 5.31. The minimum Gasteiger partial charge on any atom is -0.353 e. The van der Waals surface area contributed by atoms with Gasteiger partial charge in [0.1, 0.15) is 0 Å². The maximum Gasteiger partial charge on any atom is 0.203 e. The number of rotatable bonds is 5. The van der Waals surface area contributed by atoms with Gasteiger partial charge in [-0.3, -0.25) is 0 Å². The topological polar surface area (TPSA) is 29.9 Å². The number of aryl methyl sites for hydroxylation is 1. The van der Waals surface area contributed by atoms with Crippen molar-refractivity contribution in [2.75, 3.05) is 5.32 Å². The molecule has 2 rings (SSSR count). The predicted octanol–water partition coefficient (Wildman–Crippen LogP) is 3.61. The molecule has 18 heavy (non-hydrogen) atoms. The normalized spacial score (nSPS) is 27.4. The summed E-state index contributed by atoms with van der Waals surface area (Å²) in [6.45, 7) is 11.3. The van der Waals surface area contributed by atoms with E-state index in [2.05, 4.69) is 41.5 Å². The molecular weight excluding hydrogens is 222 g/mol. The van der Waals surface area contributed by atoms with Crippen LogP contribution in [-0.4, -0.2) is 15.6 Å². The molecule has 0 aliphatic heterocycles. The molecule has 1 saturated carbocycles. The summed E-state index contributed by atoms with van der Waals surface area (Å²) in [4.78, 5) is 4.58. The standard InChI is InChI=1S/C15H25N3/c1-5-9-18-10-11(3)16-15(18)17-14-8-7-13(6-2)12(14)4/h5,10,12-14H,1,6-9H2,2-4H3,(H,16,17). The molecule has 1 aromatic heterocycles. The minimum atomic E-state index is 0.570. The second-order valence-corrected chi connectivity index (χ2v) is 5.50. The van der Waals surface area contributed by atoms with Crippen molar-refractivity contribution in [2.45, 2.75) is 52.6 Å². The number of nitrogens with one attached hydrogen (secondary N) is 1. The van der Waals surface area contributed by atoms with Crippen LogP contribution in [0.25, 0.3) is 0 Å². The molecule has 1 aliphatic carbocycles. The van der Waals surface area contributed by atoms with E-state index in [0.717, 1.165) is 30.0 Å². The number of aromatic nitrogens is 2. The number of allylic oxidation sites excluding steroid dienone is 1. The Morgan fingerprint density at radius 3 is 2.94 bits per heavy atom. The second kappa shape index (κ2) is 5.59. The monoisotopic (exact) mass is 247 g/mol. The highest BCUT2D eigenvalue weighted by Crippen LogP contribution is 2.35. The number of hydrogen-bond acceptors (Lipinski definition) is 2. The van der Waals surface area contributed by atoms with Crippen molar-refractivity contribution < 1.29 is 0 Å². The van der Waals surface area contributed by atoms with Crippen molar-refractivity contribution >= 4 is 5.95 Å². The third-order valence-corrected chi connectivity index (χ3v) is 4.29. The molecule has 1 aromatic rings. The van der Waals surface area contributed by atoms with Gasteiger partial charge >= 0.3 is 0 Å². The highest BCUT2D eigenvalue weighted by atomic mass is 15.2. The van der Waals surface area contributed by atoms with E-state index in [1.807, 2.05) is 13.0 Å². The summed E-state index contributed by atoms with van der Waals surface area (Å²) < 4.78 is 2.15. The van der Waals surface area contributed by atoms with Gasteiger partial charge in [0.05, 0.1) is 5.69 Å². The first kappa shape index (κ1) is 13.2. The SMILES string of the molecule is C=CCn1cc(C)nc1NC1CCC(CC)C1C. The first-order valence-electron chi connectivity index (χ1n) is 7.06. The van der Waals surface area contributed by atoms with Gasteiger partial charge in [-0.15, -0.1) is 6.58 Å². The molecule has 0 bridgehead atoms. The Morgan fingerprint density at radius 1 is 1.56 bits per heavy atom. The molecule has 0 amide bonds. The Morgan fingerprint density at radius 2 is 2.33 bits per heavy atom. The summed E-state index contributed by atoms with van der Waals surface area (Å²) in [7, 11) is 0. The first-order chi connectivity index (χ1) is 8.65. The molecule has 0 spiro atoms. The third kappa shape index (κ3) is 2.60. The second-order valence-electron chi connectivity index (χ2n) is 5.50. The van der Waals surface area contributed by atoms with Gasteiger partial charge in [-0.2, -0.15) is 0 Å². The fraction of sp³-hybridized carbons (Fsp3) is 0.667. The average molecular weight is 247 g/mol. The lowest BCUT2D eigenvalue weighted by Gasteiger charge is -2.21. The van der Waals surface area contributed by atoms with Gasteiger partial charge in [-0.25, -0.2) is 4.98 Å². The largest absolute Gasteiger partial charge is 0.353 e. The van der Waals surface area contributed by atoms with Gasteiger partial charge in [-0.05, 0) is 31.6 Å². The van der Waals surface area contributed by atoms with Crippen LogP contribution < -0.4 is 5.32 Å². The lowest BCUT2D eigenvalue weighted by molar-refractivity contribution is 0.391. The van der Waals surface area contributed by atoms with Crippen molar-refractivity contribution in [2.24, 2.45) is 11.8 Å². The zero-order valence-electron chi connectivity index (χ0n) is 11.8. The number of hydrogen-bond donors (Lipinski definition) is 1. The number of imidazole rings is 1. The Hall–Kier alpha value is -1.25. The Bertz CT molecular complexity index is 408. The van der Waals surface area contributed by atoms with Gasteiger partial charge in [-0.1, -0.05) is 26.3 Å². The van der Waals surface area contributed by atoms with Crippen LogP contribution in [0.3, 0.4) is 0 Å². The van der Waals surface area contributed by atoms with Crippen LogP contribution in [0.15, 0.2) is 18.9 Å². The minimum absolute atomic E-state index is 0.570. The predicted molar refractivity (Wildman–Crippen MR) is 76.8 cm³/mol. The average Bonchev–Trinajstić information content (AvgIpc) is 2.85. The van der Waals surface area contributed by atoms with Crippen LogP contribution in [0, 0.1) is 18.8 Å². The van der Waals surface area contributed by atoms with Crippen LogP contribution >= 0.6 is 0 Å². The molecule has 3 atom stereocenters. The third-order valence-electron chi connectivity index (χ3n) is 4.29. The molecule has 1 fully saturated rings. The molecule has 0 radical (unpaired) electrons. The van der Waals surface area contributed by atoms with E-state index >= 15 is 0 Å². The quantitative estimate of drug-likeness (QED) is 0.805. The van der Waals surface area contributed by atoms with Gasteiger partial charge in [0.25, 0.3) is 0 Å². The van der Waals surface area contributed by atoms with Crippen LogP contribution in [0.1, 0.15) is 38.8 Å². The van der Waals surface area contributed by atoms with E-state index in [4.69, 9.17) is 0 Å². The Labute approximate surface area is 110 Å². The van der Waals surface area contributed by atoms with Gasteiger partial charge in [0.15, 0.2) is 0 Å². The van der Waals surface area contributed by atoms with E-state index < -0.39 is 0 Å². The summed E-state index contributed by atoms with van der Waals surface area (Å²) >= 11 is 0. The first-order valence-corrected chi connectivity index (χ1v) is 7.06. The van der Waals surface area contributed by atoms with Gasteiger partial charge < -0.3 is 9.88 Å². The molecule has 0 saturated heterocycles. The maximum absolute atomic E-state index is 4.58. The molecule has 1 N–H and O–H groups in total. The molecule has 3 nitrogen and oxygen atoms in total. The van der Waals surface area contributed by atoms with Crippen LogP contribution in [0.4, 0.5) is 5.95 Å². The lowest BCUT2D eigenvalue weighted by atomic mass is 9.94. The molecule has 3 heteroatoms. The summed E-state index contributed by atoms with van der Waals surface area (Å²) in [6, 6.07) is 0.570. The Kier molecular flexibility index (Phi) is 4.10. The smallest absolute Gasteiger partial charge is 0.203 e. The Balaban J connectivity index is 2.07. The zero-order chi connectivity index (χ0) is 13.1. The van der Waals surface area contributed by atoms with Crippen LogP contribution in [0.2, 0.25) is 0 Å². The summed E-state index contributed by atoms with van der Waals surface area (Å²) in [5.74, 6) is 2.61. The molecular formula is C15H25N3. The molecule has 1 heterocycles. The van der Waals surface area contributed by atoms with Crippen molar-refractivity contribution in [1.29, 1.82) is 0 Å². The van der Waals surface area contributed by atoms with Crippen molar-refractivity contribution in [3.8, 4) is 0 Å². The van der Waals surface area contributed by atoms with Gasteiger partial charge in [0.2, 0.25) is 5.95 Å². The summed E-state index contributed by atoms with van der Waals surface area (Å²) in [5, 5.41) is 3.63. The summed E-state index contributed by atoms with van der Waals surface area (Å²) in [6.07, 6.45) is 7.90. The molecule has 1 aliphatic rings. The summed E-state index contributed by atoms with van der Waals surface area (Å²) in [5.41, 5.74) is 1.07. The fourth-order valence-electron chi connectivity index (χ4n) is 3.13. The van der Waals surface area contributed by atoms with Crippen molar-refractivity contribution in [1.82, 2.24) is 9.55 Å². The molecule has 3 unspecified atom stereocenters. The lowest BCUT2D eigenvalue weighted by Crippen LogP contribution is -2.26. The molecule has 0 aromatic carbocycles. The zero-order valence-corrected chi connectivity index (χ0v) is 11.8. The molecule has 100 valence electrons. The maximum atomic E-state index is 4.58. The van der Waals surface area contributed by atoms with E-state index in [-0.39, 0.29) is 0 Å². The highest BCUT2D eigenvalue weighted by Gasteiger charge is 2.32. The van der Waals surface area contributed by atoms with Gasteiger partial charge in [0, 0.05) is 18.8 Å². The van der Waals surface area contributed by atoms with E-state index in [9.17, 15) is 0 Å². The van der Waals surface area contributed by atoms with Crippen molar-refractivity contribution in [3.63, 3.8) is 0 Å². The van der Waals surface area contributed by atoms with E-state index in [1.165, 1.54) is 19.3 Å². The number of anilines is 1. The van der Waals surface area contributed by atoms with E-state index in [1.54, 1.807) is 0 Å². The van der Waals surface area contributed by atoms with E-state index in [0.29, 0.717) is 6.04 Å². The van der Waals surface area contributed by atoms with Crippen LogP contribution in [0.5, 0.6) is 0 Å². The fourth-order valence-corrected chi connectivity index (χ4v) is 3.13. The van der Waals surface area contributed by atoms with Crippen molar-refractivity contribution in [3.05, 3.63) is 24.5 Å².